The quantitative estimate of drug-likeness (QED) is 0.341. The van der Waals surface area contributed by atoms with Crippen molar-refractivity contribution in [1.82, 2.24) is 0 Å². The number of allylic oxidation sites excluding steroid dienone is 1. The summed E-state index contributed by atoms with van der Waals surface area (Å²) in [6, 6.07) is 7.42. The fourth-order valence-corrected chi connectivity index (χ4v) is 1.59. The molecule has 0 bridgehead atoms. The Kier molecular flexibility index (Phi) is 6.88. The van der Waals surface area contributed by atoms with Gasteiger partial charge in [0.2, 0.25) is 0 Å². The summed E-state index contributed by atoms with van der Waals surface area (Å²) in [6.07, 6.45) is 5.45. The molecule has 0 saturated carbocycles. The molecule has 1 atom stereocenters. The lowest BCUT2D eigenvalue weighted by Gasteiger charge is -2.09. The second-order valence-electron chi connectivity index (χ2n) is 4.26. The van der Waals surface area contributed by atoms with Crippen LogP contribution in [0.3, 0.4) is 0 Å². The Bertz CT molecular complexity index is 506. The number of rotatable bonds is 6. The van der Waals surface area contributed by atoms with Crippen LogP contribution in [0.4, 0.5) is 0 Å². The summed E-state index contributed by atoms with van der Waals surface area (Å²) < 4.78 is 10.3. The molecule has 3 nitrogen and oxygen atoms in total. The summed E-state index contributed by atoms with van der Waals surface area (Å²) >= 11 is 6.04. The molecule has 1 aromatic rings. The minimum Gasteiger partial charge on any atom is -0.496 e. The van der Waals surface area contributed by atoms with Gasteiger partial charge in [0.15, 0.2) is 0 Å². The predicted molar refractivity (Wildman–Crippen MR) is 81.4 cm³/mol. The molecule has 0 heterocycles. The van der Waals surface area contributed by atoms with Gasteiger partial charge in [-0.1, -0.05) is 36.7 Å². The zero-order valence-electron chi connectivity index (χ0n) is 11.9. The Balaban J connectivity index is 2.76. The molecule has 0 radical (unpaired) electrons. The van der Waals surface area contributed by atoms with Gasteiger partial charge in [-0.25, -0.2) is 4.79 Å². The smallest absolute Gasteiger partial charge is 0.334 e. The highest BCUT2D eigenvalue weighted by atomic mass is 35.5. The minimum atomic E-state index is -0.417. The third-order valence-corrected chi connectivity index (χ3v) is 3.06. The zero-order valence-corrected chi connectivity index (χ0v) is 12.7. The van der Waals surface area contributed by atoms with E-state index in [1.54, 1.807) is 18.2 Å². The Morgan fingerprint density at radius 3 is 2.70 bits per heavy atom. The molecule has 0 saturated heterocycles. The van der Waals surface area contributed by atoms with Gasteiger partial charge in [-0.3, -0.25) is 0 Å². The predicted octanol–water partition coefficient (Wildman–Crippen LogP) is 4.23. The van der Waals surface area contributed by atoms with Gasteiger partial charge in [-0.05, 0) is 37.1 Å². The molecular weight excluding hydrogens is 276 g/mol. The van der Waals surface area contributed by atoms with Crippen molar-refractivity contribution in [3.63, 3.8) is 0 Å². The fraction of sp³-hybridized carbons (Fsp3) is 0.312. The first-order valence-electron chi connectivity index (χ1n) is 6.45. The molecule has 0 aliphatic rings. The van der Waals surface area contributed by atoms with Gasteiger partial charge in [0.1, 0.15) is 5.76 Å². The van der Waals surface area contributed by atoms with Gasteiger partial charge < -0.3 is 9.47 Å². The second kappa shape index (κ2) is 8.43. The third-order valence-electron chi connectivity index (χ3n) is 2.72. The van der Waals surface area contributed by atoms with Crippen molar-refractivity contribution >= 4 is 23.6 Å². The molecule has 0 aliphatic heterocycles. The number of hydrogen-bond donors (Lipinski definition) is 0. The molecule has 1 aromatic carbocycles. The van der Waals surface area contributed by atoms with Gasteiger partial charge in [0.05, 0.1) is 19.3 Å². The topological polar surface area (TPSA) is 35.5 Å². The first-order valence-corrected chi connectivity index (χ1v) is 6.83. The average molecular weight is 295 g/mol. The molecule has 0 spiro atoms. The van der Waals surface area contributed by atoms with Gasteiger partial charge in [0.25, 0.3) is 0 Å². The molecule has 0 fully saturated rings. The Morgan fingerprint density at radius 1 is 1.40 bits per heavy atom. The summed E-state index contributed by atoms with van der Waals surface area (Å²) in [5.41, 5.74) is 0.854. The van der Waals surface area contributed by atoms with E-state index in [9.17, 15) is 4.79 Å². The van der Waals surface area contributed by atoms with E-state index in [0.717, 1.165) is 12.0 Å². The molecule has 108 valence electrons. The lowest BCUT2D eigenvalue weighted by molar-refractivity contribution is -0.142. The average Bonchev–Trinajstić information content (AvgIpc) is 2.44. The van der Waals surface area contributed by atoms with Crippen LogP contribution in [-0.4, -0.2) is 19.2 Å². The van der Waals surface area contributed by atoms with Gasteiger partial charge in [-0.15, -0.1) is 0 Å². The van der Waals surface area contributed by atoms with Crippen molar-refractivity contribution in [3.05, 3.63) is 52.8 Å². The lowest BCUT2D eigenvalue weighted by Crippen LogP contribution is -2.12. The molecule has 1 unspecified atom stereocenters. The highest BCUT2D eigenvalue weighted by molar-refractivity contribution is 6.32. The van der Waals surface area contributed by atoms with Crippen molar-refractivity contribution in [2.24, 2.45) is 0 Å². The highest BCUT2D eigenvalue weighted by Gasteiger charge is 2.06. The van der Waals surface area contributed by atoms with Crippen molar-refractivity contribution in [3.8, 4) is 0 Å². The minimum absolute atomic E-state index is 0.107. The molecule has 0 N–H and O–H groups in total. The maximum atomic E-state index is 11.6. The van der Waals surface area contributed by atoms with Crippen molar-refractivity contribution in [2.75, 3.05) is 7.11 Å². The SMILES string of the molecule is CCC(C)OC(=O)C=C(C=Cc1ccccc1Cl)OC. The van der Waals surface area contributed by atoms with Crippen molar-refractivity contribution < 1.29 is 14.3 Å². The largest absolute Gasteiger partial charge is 0.496 e. The van der Waals surface area contributed by atoms with Crippen LogP contribution >= 0.6 is 11.6 Å². The normalized spacial score (nSPS) is 13.3. The second-order valence-corrected chi connectivity index (χ2v) is 4.67. The first-order chi connectivity index (χ1) is 9.56. The summed E-state index contributed by atoms with van der Waals surface area (Å²) in [5.74, 6) is -0.00164. The van der Waals surface area contributed by atoms with Crippen LogP contribution in [0.5, 0.6) is 0 Å². The molecule has 0 aromatic heterocycles. The van der Waals surface area contributed by atoms with E-state index in [4.69, 9.17) is 21.1 Å². The Hall–Kier alpha value is -1.74. The summed E-state index contributed by atoms with van der Waals surface area (Å²) in [4.78, 5) is 11.6. The number of carbonyl (C=O) groups is 1. The number of hydrogen-bond acceptors (Lipinski definition) is 3. The van der Waals surface area contributed by atoms with E-state index >= 15 is 0 Å². The molecule has 1 rings (SSSR count). The van der Waals surface area contributed by atoms with Crippen LogP contribution in [-0.2, 0) is 14.3 Å². The van der Waals surface area contributed by atoms with E-state index in [1.807, 2.05) is 32.0 Å². The molecule has 20 heavy (non-hydrogen) atoms. The number of ether oxygens (including phenoxy) is 2. The monoisotopic (exact) mass is 294 g/mol. The van der Waals surface area contributed by atoms with Crippen LogP contribution in [0.25, 0.3) is 6.08 Å². The molecule has 0 aliphatic carbocycles. The number of methoxy groups -OCH3 is 1. The Morgan fingerprint density at radius 2 is 2.10 bits per heavy atom. The number of halogens is 1. The Labute approximate surface area is 124 Å². The molecular formula is C16H19ClO3. The van der Waals surface area contributed by atoms with Crippen molar-refractivity contribution in [2.45, 2.75) is 26.4 Å². The van der Waals surface area contributed by atoms with Gasteiger partial charge in [0, 0.05) is 5.02 Å². The van der Waals surface area contributed by atoms with Crippen LogP contribution in [0.15, 0.2) is 42.2 Å². The van der Waals surface area contributed by atoms with E-state index < -0.39 is 5.97 Å². The molecule has 4 heteroatoms. The highest BCUT2D eigenvalue weighted by Crippen LogP contribution is 2.17. The first kappa shape index (κ1) is 16.3. The summed E-state index contributed by atoms with van der Waals surface area (Å²) in [7, 11) is 1.50. The maximum absolute atomic E-state index is 11.6. The van der Waals surface area contributed by atoms with Crippen molar-refractivity contribution in [1.29, 1.82) is 0 Å². The van der Waals surface area contributed by atoms with Crippen LogP contribution < -0.4 is 0 Å². The number of esters is 1. The number of benzene rings is 1. The lowest BCUT2D eigenvalue weighted by atomic mass is 10.2. The standard InChI is InChI=1S/C16H19ClO3/c1-4-12(2)20-16(18)11-14(19-3)10-9-13-7-5-6-8-15(13)17/h5-12H,4H2,1-3H3. The van der Waals surface area contributed by atoms with E-state index in [2.05, 4.69) is 0 Å². The van der Waals surface area contributed by atoms with Crippen LogP contribution in [0.2, 0.25) is 5.02 Å². The van der Waals surface area contributed by atoms with E-state index in [-0.39, 0.29) is 6.10 Å². The fourth-order valence-electron chi connectivity index (χ4n) is 1.39. The van der Waals surface area contributed by atoms with Gasteiger partial charge >= 0.3 is 5.97 Å². The summed E-state index contributed by atoms with van der Waals surface area (Å²) in [5, 5.41) is 0.640. The van der Waals surface area contributed by atoms with Crippen LogP contribution in [0.1, 0.15) is 25.8 Å². The van der Waals surface area contributed by atoms with Crippen LogP contribution in [0, 0.1) is 0 Å². The van der Waals surface area contributed by atoms with E-state index in [0.29, 0.717) is 10.8 Å². The maximum Gasteiger partial charge on any atom is 0.334 e. The third kappa shape index (κ3) is 5.49. The van der Waals surface area contributed by atoms with Gasteiger partial charge in [-0.2, -0.15) is 0 Å². The number of carbonyl (C=O) groups excluding carboxylic acids is 1. The zero-order chi connectivity index (χ0) is 15.0. The molecule has 0 amide bonds. The van der Waals surface area contributed by atoms with E-state index in [1.165, 1.54) is 13.2 Å². The summed E-state index contributed by atoms with van der Waals surface area (Å²) in [6.45, 7) is 3.80.